The highest BCUT2D eigenvalue weighted by Gasteiger charge is 2.22. The number of hydrogen-bond donors (Lipinski definition) is 1. The molecule has 2 aromatic heterocycles. The van der Waals surface area contributed by atoms with Crippen molar-refractivity contribution in [1.82, 2.24) is 20.1 Å². The van der Waals surface area contributed by atoms with Crippen LogP contribution in [0.5, 0.6) is 0 Å². The zero-order chi connectivity index (χ0) is 25.6. The molecule has 1 saturated heterocycles. The lowest BCUT2D eigenvalue weighted by molar-refractivity contribution is -0.113. The quantitative estimate of drug-likeness (QED) is 0.367. The first-order valence-corrected chi connectivity index (χ1v) is 12.9. The number of carbonyl (C=O) groups is 2. The van der Waals surface area contributed by atoms with E-state index in [9.17, 15) is 9.59 Å². The summed E-state index contributed by atoms with van der Waals surface area (Å²) in [6.07, 6.45) is 3.30. The van der Waals surface area contributed by atoms with Crippen molar-refractivity contribution in [3.05, 3.63) is 84.2 Å². The zero-order valence-corrected chi connectivity index (χ0v) is 21.1. The third-order valence-electron chi connectivity index (χ3n) is 6.01. The number of nitrogens with zero attached hydrogens (tertiary/aromatic N) is 5. The number of amides is 2. The second-order valence-electron chi connectivity index (χ2n) is 8.64. The lowest BCUT2D eigenvalue weighted by Crippen LogP contribution is -2.48. The molecule has 1 fully saturated rings. The molecule has 3 heterocycles. The predicted octanol–water partition coefficient (Wildman–Crippen LogP) is 4.13. The molecule has 0 unspecified atom stereocenters. The third kappa shape index (κ3) is 6.15. The highest BCUT2D eigenvalue weighted by molar-refractivity contribution is 7.99. The largest absolute Gasteiger partial charge is 0.411 e. The van der Waals surface area contributed by atoms with Crippen molar-refractivity contribution in [1.29, 1.82) is 0 Å². The minimum absolute atomic E-state index is 0.0772. The Morgan fingerprint density at radius 1 is 0.973 bits per heavy atom. The van der Waals surface area contributed by atoms with Gasteiger partial charge in [-0.15, -0.1) is 10.2 Å². The van der Waals surface area contributed by atoms with E-state index in [2.05, 4.69) is 25.4 Å². The molecule has 1 aliphatic rings. The minimum atomic E-state index is -0.162. The number of aromatic nitrogens is 3. The van der Waals surface area contributed by atoms with Gasteiger partial charge in [-0.3, -0.25) is 14.6 Å². The van der Waals surface area contributed by atoms with Gasteiger partial charge in [0, 0.05) is 61.1 Å². The lowest BCUT2D eigenvalue weighted by atomic mass is 10.1. The van der Waals surface area contributed by atoms with E-state index in [4.69, 9.17) is 4.42 Å². The number of rotatable bonds is 7. The van der Waals surface area contributed by atoms with E-state index in [1.54, 1.807) is 24.5 Å². The van der Waals surface area contributed by atoms with Crippen LogP contribution in [0.15, 0.2) is 82.7 Å². The Morgan fingerprint density at radius 2 is 1.73 bits per heavy atom. The van der Waals surface area contributed by atoms with Gasteiger partial charge in [0.05, 0.1) is 5.75 Å². The van der Waals surface area contributed by atoms with Gasteiger partial charge in [-0.2, -0.15) is 0 Å². The highest BCUT2D eigenvalue weighted by Crippen LogP contribution is 2.24. The number of nitrogens with one attached hydrogen (secondary N) is 1. The van der Waals surface area contributed by atoms with Crippen LogP contribution in [0.1, 0.15) is 15.9 Å². The standard InChI is InChI=1S/C27H26N6O3S/c1-19-3-2-4-21(17-19)26(35)33-15-13-32(14-16-33)23-7-5-22(6-8-23)29-24(34)18-37-27-31-30-25(36-27)20-9-11-28-12-10-20/h2-12,17H,13-16,18H2,1H3,(H,29,34). The van der Waals surface area contributed by atoms with Gasteiger partial charge in [-0.25, -0.2) is 0 Å². The normalized spacial score (nSPS) is 13.4. The van der Waals surface area contributed by atoms with Crippen molar-refractivity contribution in [2.45, 2.75) is 12.1 Å². The summed E-state index contributed by atoms with van der Waals surface area (Å²) in [7, 11) is 0. The SMILES string of the molecule is Cc1cccc(C(=O)N2CCN(c3ccc(NC(=O)CSc4nnc(-c5ccncc5)o4)cc3)CC2)c1. The van der Waals surface area contributed by atoms with Gasteiger partial charge in [-0.1, -0.05) is 29.5 Å². The van der Waals surface area contributed by atoms with Crippen LogP contribution in [0.3, 0.4) is 0 Å². The minimum Gasteiger partial charge on any atom is -0.411 e. The first kappa shape index (κ1) is 24.5. The Labute approximate surface area is 218 Å². The maximum absolute atomic E-state index is 12.8. The van der Waals surface area contributed by atoms with Crippen LogP contribution in [-0.4, -0.2) is 63.8 Å². The van der Waals surface area contributed by atoms with Crippen LogP contribution in [0.2, 0.25) is 0 Å². The zero-order valence-electron chi connectivity index (χ0n) is 20.3. The van der Waals surface area contributed by atoms with Gasteiger partial charge in [0.25, 0.3) is 11.1 Å². The van der Waals surface area contributed by atoms with E-state index in [1.807, 2.05) is 60.4 Å². The molecule has 0 aliphatic carbocycles. The second-order valence-corrected chi connectivity index (χ2v) is 9.57. The molecule has 188 valence electrons. The summed E-state index contributed by atoms with van der Waals surface area (Å²) in [6, 6.07) is 19.0. The van der Waals surface area contributed by atoms with E-state index in [0.717, 1.165) is 35.5 Å². The molecule has 10 heteroatoms. The van der Waals surface area contributed by atoms with E-state index < -0.39 is 0 Å². The molecule has 1 N–H and O–H groups in total. The molecule has 4 aromatic rings. The van der Waals surface area contributed by atoms with Crippen LogP contribution in [0.25, 0.3) is 11.5 Å². The smallest absolute Gasteiger partial charge is 0.277 e. The molecule has 0 spiro atoms. The molecule has 37 heavy (non-hydrogen) atoms. The second kappa shape index (κ2) is 11.3. The molecule has 2 amide bonds. The Morgan fingerprint density at radius 3 is 2.46 bits per heavy atom. The number of pyridine rings is 1. The third-order valence-corrected chi connectivity index (χ3v) is 6.83. The maximum Gasteiger partial charge on any atom is 0.277 e. The number of piperazine rings is 1. The average molecular weight is 515 g/mol. The fourth-order valence-electron chi connectivity index (χ4n) is 4.09. The lowest BCUT2D eigenvalue weighted by Gasteiger charge is -2.36. The first-order valence-electron chi connectivity index (χ1n) is 11.9. The van der Waals surface area contributed by atoms with E-state index in [0.29, 0.717) is 29.9 Å². The van der Waals surface area contributed by atoms with E-state index in [-0.39, 0.29) is 17.6 Å². The average Bonchev–Trinajstić information content (AvgIpc) is 3.42. The Hall–Kier alpha value is -4.18. The van der Waals surface area contributed by atoms with Crippen molar-refractivity contribution in [2.24, 2.45) is 0 Å². The Kier molecular flexibility index (Phi) is 7.46. The summed E-state index contributed by atoms with van der Waals surface area (Å²) in [5, 5.41) is 11.2. The van der Waals surface area contributed by atoms with Gasteiger partial charge < -0.3 is 19.5 Å². The van der Waals surface area contributed by atoms with Gasteiger partial charge in [-0.05, 0) is 55.5 Å². The maximum atomic E-state index is 12.8. The number of aryl methyl sites for hydroxylation is 1. The summed E-state index contributed by atoms with van der Waals surface area (Å²) < 4.78 is 5.61. The molecular weight excluding hydrogens is 488 g/mol. The van der Waals surface area contributed by atoms with Crippen molar-refractivity contribution in [3.63, 3.8) is 0 Å². The first-order chi connectivity index (χ1) is 18.0. The predicted molar refractivity (Wildman–Crippen MR) is 143 cm³/mol. The number of anilines is 2. The van der Waals surface area contributed by atoms with Crippen LogP contribution >= 0.6 is 11.8 Å². The molecule has 0 saturated carbocycles. The van der Waals surface area contributed by atoms with Crippen molar-refractivity contribution in [3.8, 4) is 11.5 Å². The van der Waals surface area contributed by atoms with Crippen molar-refractivity contribution in [2.75, 3.05) is 42.1 Å². The van der Waals surface area contributed by atoms with Crippen molar-refractivity contribution >= 4 is 35.0 Å². The molecule has 9 nitrogen and oxygen atoms in total. The fraction of sp³-hybridized carbons (Fsp3) is 0.222. The molecular formula is C27H26N6O3S. The van der Waals surface area contributed by atoms with Crippen LogP contribution < -0.4 is 10.2 Å². The number of carbonyl (C=O) groups excluding carboxylic acids is 2. The van der Waals surface area contributed by atoms with E-state index >= 15 is 0 Å². The van der Waals surface area contributed by atoms with Crippen LogP contribution in [-0.2, 0) is 4.79 Å². The fourth-order valence-corrected chi connectivity index (χ4v) is 4.65. The van der Waals surface area contributed by atoms with Gasteiger partial charge in [0.2, 0.25) is 11.8 Å². The number of thioether (sulfide) groups is 1. The molecule has 5 rings (SSSR count). The number of benzene rings is 2. The molecule has 0 atom stereocenters. The molecule has 2 aromatic carbocycles. The Bertz CT molecular complexity index is 1370. The van der Waals surface area contributed by atoms with Gasteiger partial charge in [0.1, 0.15) is 0 Å². The molecule has 1 aliphatic heterocycles. The highest BCUT2D eigenvalue weighted by atomic mass is 32.2. The number of hydrogen-bond acceptors (Lipinski definition) is 8. The van der Waals surface area contributed by atoms with Gasteiger partial charge in [0.15, 0.2) is 0 Å². The summed E-state index contributed by atoms with van der Waals surface area (Å²) in [6.45, 7) is 4.84. The summed E-state index contributed by atoms with van der Waals surface area (Å²) in [5.41, 5.74) is 4.37. The summed E-state index contributed by atoms with van der Waals surface area (Å²) >= 11 is 1.18. The summed E-state index contributed by atoms with van der Waals surface area (Å²) in [4.78, 5) is 33.3. The molecule has 0 radical (unpaired) electrons. The van der Waals surface area contributed by atoms with Crippen LogP contribution in [0.4, 0.5) is 11.4 Å². The Balaban J connectivity index is 1.09. The summed E-state index contributed by atoms with van der Waals surface area (Å²) in [5.74, 6) is 0.454. The monoisotopic (exact) mass is 514 g/mol. The van der Waals surface area contributed by atoms with Crippen LogP contribution in [0, 0.1) is 6.92 Å². The molecule has 0 bridgehead atoms. The van der Waals surface area contributed by atoms with E-state index in [1.165, 1.54) is 11.8 Å². The van der Waals surface area contributed by atoms with Crippen molar-refractivity contribution < 1.29 is 14.0 Å². The topological polar surface area (TPSA) is 104 Å². The van der Waals surface area contributed by atoms with Gasteiger partial charge >= 0.3 is 0 Å².